The third kappa shape index (κ3) is 2.85. The number of nitrogens with one attached hydrogen (secondary N) is 1. The maximum atomic E-state index is 13.8. The quantitative estimate of drug-likeness (QED) is 0.394. The number of furan rings is 1. The standard InChI is InChI=1S/C17H9F2N3O2S2/c18-11-2-7(3-12(19)14(11)20)10-6-21-5-8-1-9(24-15(8)10)4-13-16(23)22-17(25)26-13/h1-6H,20H2,(H,22,23,25)/b13-4+. The van der Waals surface area contributed by atoms with Crippen molar-refractivity contribution in [2.45, 2.75) is 0 Å². The number of amides is 1. The first-order valence-electron chi connectivity index (χ1n) is 7.29. The molecule has 4 rings (SSSR count). The molecule has 0 bridgehead atoms. The molecule has 0 atom stereocenters. The molecule has 1 saturated heterocycles. The van der Waals surface area contributed by atoms with E-state index in [0.29, 0.717) is 31.5 Å². The molecule has 26 heavy (non-hydrogen) atoms. The molecule has 3 aromatic rings. The van der Waals surface area contributed by atoms with Crippen LogP contribution in [0.4, 0.5) is 14.5 Å². The highest BCUT2D eigenvalue weighted by Crippen LogP contribution is 2.34. The molecule has 0 spiro atoms. The summed E-state index contributed by atoms with van der Waals surface area (Å²) in [6.45, 7) is 0. The number of nitrogens with two attached hydrogens (primary N) is 1. The van der Waals surface area contributed by atoms with E-state index in [4.69, 9.17) is 22.4 Å². The molecule has 3 N–H and O–H groups in total. The lowest BCUT2D eigenvalue weighted by molar-refractivity contribution is -0.115. The number of hydrogen-bond acceptors (Lipinski definition) is 6. The first-order chi connectivity index (χ1) is 12.4. The first-order valence-corrected chi connectivity index (χ1v) is 8.52. The fraction of sp³-hybridized carbons (Fsp3) is 0. The number of pyridine rings is 1. The number of nitrogens with zero attached hydrogens (tertiary/aromatic N) is 1. The number of benzene rings is 1. The average molecular weight is 389 g/mol. The van der Waals surface area contributed by atoms with E-state index < -0.39 is 17.3 Å². The Morgan fingerprint density at radius 3 is 2.62 bits per heavy atom. The molecule has 9 heteroatoms. The third-order valence-electron chi connectivity index (χ3n) is 3.75. The van der Waals surface area contributed by atoms with Crippen molar-refractivity contribution in [3.63, 3.8) is 0 Å². The SMILES string of the molecule is Nc1c(F)cc(-c2cncc3cc(/C=C4/SC(=S)NC4=O)oc23)cc1F. The highest BCUT2D eigenvalue weighted by Gasteiger charge is 2.23. The Morgan fingerprint density at radius 1 is 1.23 bits per heavy atom. The Bertz CT molecular complexity index is 1100. The number of fused-ring (bicyclic) bond motifs is 1. The summed E-state index contributed by atoms with van der Waals surface area (Å²) < 4.78 is 33.7. The van der Waals surface area contributed by atoms with Crippen molar-refractivity contribution >= 4 is 56.9 Å². The molecule has 0 unspecified atom stereocenters. The summed E-state index contributed by atoms with van der Waals surface area (Å²) in [5.74, 6) is -1.63. The molecular formula is C17H9F2N3O2S2. The van der Waals surface area contributed by atoms with Gasteiger partial charge in [-0.2, -0.15) is 0 Å². The van der Waals surface area contributed by atoms with Crippen LogP contribution in [0.1, 0.15) is 5.76 Å². The van der Waals surface area contributed by atoms with E-state index in [1.54, 1.807) is 18.3 Å². The summed E-state index contributed by atoms with van der Waals surface area (Å²) in [4.78, 5) is 16.2. The average Bonchev–Trinajstić information content (AvgIpc) is 3.14. The molecule has 0 radical (unpaired) electrons. The molecule has 5 nitrogen and oxygen atoms in total. The van der Waals surface area contributed by atoms with Gasteiger partial charge in [-0.05, 0) is 23.8 Å². The fourth-order valence-electron chi connectivity index (χ4n) is 2.55. The molecule has 1 aliphatic rings. The molecule has 0 aliphatic carbocycles. The predicted molar refractivity (Wildman–Crippen MR) is 100 cm³/mol. The van der Waals surface area contributed by atoms with E-state index >= 15 is 0 Å². The summed E-state index contributed by atoms with van der Waals surface area (Å²) in [5.41, 5.74) is 5.81. The van der Waals surface area contributed by atoms with Crippen LogP contribution in [-0.4, -0.2) is 15.2 Å². The van der Waals surface area contributed by atoms with Gasteiger partial charge in [0.15, 0.2) is 0 Å². The molecule has 0 saturated carbocycles. The van der Waals surface area contributed by atoms with Gasteiger partial charge in [-0.1, -0.05) is 24.0 Å². The normalized spacial score (nSPS) is 15.8. The number of aromatic nitrogens is 1. The van der Waals surface area contributed by atoms with Crippen LogP contribution < -0.4 is 11.1 Å². The third-order valence-corrected chi connectivity index (χ3v) is 4.91. The van der Waals surface area contributed by atoms with E-state index in [9.17, 15) is 13.6 Å². The van der Waals surface area contributed by atoms with Gasteiger partial charge < -0.3 is 15.5 Å². The second kappa shape index (κ2) is 6.19. The second-order valence-corrected chi connectivity index (χ2v) is 7.18. The Hall–Kier alpha value is -2.78. The number of thiocarbonyl (C=S) groups is 1. The van der Waals surface area contributed by atoms with Crippen molar-refractivity contribution in [1.82, 2.24) is 10.3 Å². The second-order valence-electron chi connectivity index (χ2n) is 5.46. The van der Waals surface area contributed by atoms with Crippen LogP contribution in [0, 0.1) is 11.6 Å². The molecule has 1 amide bonds. The van der Waals surface area contributed by atoms with Gasteiger partial charge in [-0.25, -0.2) is 8.78 Å². The van der Waals surface area contributed by atoms with Crippen molar-refractivity contribution < 1.29 is 18.0 Å². The number of halogens is 2. The van der Waals surface area contributed by atoms with Crippen LogP contribution in [-0.2, 0) is 4.79 Å². The van der Waals surface area contributed by atoms with Gasteiger partial charge >= 0.3 is 0 Å². The lowest BCUT2D eigenvalue weighted by atomic mass is 10.1. The minimum Gasteiger partial charge on any atom is -0.456 e. The van der Waals surface area contributed by atoms with Crippen molar-refractivity contribution in [2.75, 3.05) is 5.73 Å². The highest BCUT2D eigenvalue weighted by atomic mass is 32.2. The molecular weight excluding hydrogens is 380 g/mol. The van der Waals surface area contributed by atoms with E-state index in [1.165, 1.54) is 6.20 Å². The highest BCUT2D eigenvalue weighted by molar-refractivity contribution is 8.26. The fourth-order valence-corrected chi connectivity index (χ4v) is 3.57. The number of carbonyl (C=O) groups excluding carboxylic acids is 1. The molecule has 1 aliphatic heterocycles. The van der Waals surface area contributed by atoms with Gasteiger partial charge in [0.05, 0.1) is 4.91 Å². The number of anilines is 1. The summed E-state index contributed by atoms with van der Waals surface area (Å²) in [6, 6.07) is 3.92. The van der Waals surface area contributed by atoms with Gasteiger partial charge in [0.25, 0.3) is 5.91 Å². The van der Waals surface area contributed by atoms with Crippen molar-refractivity contribution in [2.24, 2.45) is 0 Å². The zero-order chi connectivity index (χ0) is 18.4. The lowest BCUT2D eigenvalue weighted by Crippen LogP contribution is -2.17. The molecule has 1 aromatic carbocycles. The van der Waals surface area contributed by atoms with Gasteiger partial charge in [0.1, 0.15) is 33.0 Å². The summed E-state index contributed by atoms with van der Waals surface area (Å²) in [5, 5.41) is 3.14. The Kier molecular flexibility index (Phi) is 3.97. The Labute approximate surface area is 155 Å². The molecule has 3 heterocycles. The Balaban J connectivity index is 1.83. The topological polar surface area (TPSA) is 81.1 Å². The number of hydrogen-bond donors (Lipinski definition) is 2. The van der Waals surface area contributed by atoms with Crippen LogP contribution in [0.5, 0.6) is 0 Å². The first kappa shape index (κ1) is 16.7. The summed E-state index contributed by atoms with van der Waals surface area (Å²) in [6.07, 6.45) is 4.55. The maximum Gasteiger partial charge on any atom is 0.263 e. The molecule has 130 valence electrons. The number of carbonyl (C=O) groups is 1. The van der Waals surface area contributed by atoms with E-state index in [2.05, 4.69) is 10.3 Å². The predicted octanol–water partition coefficient (Wildman–Crippen LogP) is 3.84. The summed E-state index contributed by atoms with van der Waals surface area (Å²) in [7, 11) is 0. The van der Waals surface area contributed by atoms with Crippen molar-refractivity contribution in [1.29, 1.82) is 0 Å². The van der Waals surface area contributed by atoms with Gasteiger partial charge in [-0.3, -0.25) is 9.78 Å². The minimum atomic E-state index is -0.863. The van der Waals surface area contributed by atoms with Crippen LogP contribution in [0.3, 0.4) is 0 Å². The zero-order valence-electron chi connectivity index (χ0n) is 12.9. The van der Waals surface area contributed by atoms with Crippen LogP contribution in [0.15, 0.2) is 39.9 Å². The zero-order valence-corrected chi connectivity index (χ0v) is 14.5. The van der Waals surface area contributed by atoms with Crippen LogP contribution >= 0.6 is 24.0 Å². The summed E-state index contributed by atoms with van der Waals surface area (Å²) >= 11 is 6.07. The van der Waals surface area contributed by atoms with Gasteiger partial charge in [-0.15, -0.1) is 0 Å². The van der Waals surface area contributed by atoms with Crippen molar-refractivity contribution in [3.05, 3.63) is 52.9 Å². The van der Waals surface area contributed by atoms with Gasteiger partial charge in [0.2, 0.25) is 0 Å². The maximum absolute atomic E-state index is 13.8. The Morgan fingerprint density at radius 2 is 1.96 bits per heavy atom. The number of nitrogen functional groups attached to an aromatic ring is 1. The monoisotopic (exact) mass is 389 g/mol. The van der Waals surface area contributed by atoms with Crippen LogP contribution in [0.25, 0.3) is 28.2 Å². The lowest BCUT2D eigenvalue weighted by Gasteiger charge is -2.05. The van der Waals surface area contributed by atoms with E-state index in [1.807, 2.05) is 0 Å². The largest absolute Gasteiger partial charge is 0.456 e. The van der Waals surface area contributed by atoms with Crippen molar-refractivity contribution in [3.8, 4) is 11.1 Å². The van der Waals surface area contributed by atoms with Gasteiger partial charge in [0, 0.05) is 29.4 Å². The minimum absolute atomic E-state index is 0.245. The van der Waals surface area contributed by atoms with E-state index in [-0.39, 0.29) is 11.5 Å². The molecule has 1 fully saturated rings. The number of rotatable bonds is 2. The smallest absolute Gasteiger partial charge is 0.263 e. The molecule has 2 aromatic heterocycles. The van der Waals surface area contributed by atoms with E-state index in [0.717, 1.165) is 23.9 Å². The number of thioether (sulfide) groups is 1. The van der Waals surface area contributed by atoms with Crippen LogP contribution in [0.2, 0.25) is 0 Å².